The van der Waals surface area contributed by atoms with Crippen LogP contribution in [0, 0.1) is 13.8 Å². The molecule has 10 heteroatoms. The summed E-state index contributed by atoms with van der Waals surface area (Å²) in [5, 5.41) is 6.49. The van der Waals surface area contributed by atoms with Crippen molar-refractivity contribution in [2.75, 3.05) is 24.2 Å². The Morgan fingerprint density at radius 3 is 2.71 bits per heavy atom. The number of thioether (sulfide) groups is 1. The van der Waals surface area contributed by atoms with E-state index < -0.39 is 0 Å². The van der Waals surface area contributed by atoms with E-state index >= 15 is 0 Å². The van der Waals surface area contributed by atoms with E-state index in [1.165, 1.54) is 16.7 Å². The van der Waals surface area contributed by atoms with Gasteiger partial charge < -0.3 is 15.1 Å². The molecule has 0 saturated carbocycles. The van der Waals surface area contributed by atoms with E-state index in [-0.39, 0.29) is 24.4 Å². The number of aryl methyl sites for hydroxylation is 2. The number of hydrogen-bond donors (Lipinski definition) is 2. The fraction of sp³-hybridized carbons (Fsp3) is 0.286. The largest absolute Gasteiger partial charge is 0.443 e. The Morgan fingerprint density at radius 2 is 2.00 bits per heavy atom. The molecule has 2 aromatic heterocycles. The second-order valence-electron chi connectivity index (χ2n) is 7.04. The summed E-state index contributed by atoms with van der Waals surface area (Å²) in [7, 11) is 0. The zero-order valence-electron chi connectivity index (χ0n) is 17.1. The number of imide groups is 1. The molecule has 1 aromatic carbocycles. The Labute approximate surface area is 182 Å². The van der Waals surface area contributed by atoms with Crippen molar-refractivity contribution in [2.24, 2.45) is 0 Å². The van der Waals surface area contributed by atoms with Crippen LogP contribution in [-0.2, 0) is 4.79 Å². The van der Waals surface area contributed by atoms with Gasteiger partial charge in [-0.15, -0.1) is 0 Å². The van der Waals surface area contributed by atoms with Crippen LogP contribution in [0.2, 0.25) is 0 Å². The van der Waals surface area contributed by atoms with E-state index in [9.17, 15) is 14.4 Å². The minimum atomic E-state index is -0.361. The molecule has 2 N–H and O–H groups in total. The van der Waals surface area contributed by atoms with Crippen LogP contribution in [0.25, 0.3) is 11.1 Å². The van der Waals surface area contributed by atoms with Gasteiger partial charge in [0, 0.05) is 23.4 Å². The number of amides is 4. The van der Waals surface area contributed by atoms with Crippen LogP contribution in [0.5, 0.6) is 0 Å². The lowest BCUT2D eigenvalue weighted by atomic mass is 10.2. The summed E-state index contributed by atoms with van der Waals surface area (Å²) in [6.07, 6.45) is 0.590. The molecule has 3 aromatic rings. The van der Waals surface area contributed by atoms with Crippen LogP contribution in [0.1, 0.15) is 28.1 Å². The maximum atomic E-state index is 12.7. The maximum absolute atomic E-state index is 12.7. The normalized spacial score (nSPS) is 13.7. The number of rotatable bonds is 7. The van der Waals surface area contributed by atoms with Gasteiger partial charge in [-0.2, -0.15) is 4.98 Å². The number of nitrogens with zero attached hydrogens (tertiary/aromatic N) is 3. The van der Waals surface area contributed by atoms with Gasteiger partial charge in [-0.05, 0) is 32.4 Å². The van der Waals surface area contributed by atoms with Crippen LogP contribution in [0.15, 0.2) is 39.9 Å². The third-order valence-electron chi connectivity index (χ3n) is 4.97. The Bertz CT molecular complexity index is 1150. The highest BCUT2D eigenvalue weighted by molar-refractivity contribution is 7.99. The number of hydrogen-bond acceptors (Lipinski definition) is 7. The molecule has 1 fully saturated rings. The Balaban J connectivity index is 1.51. The van der Waals surface area contributed by atoms with E-state index in [0.717, 1.165) is 5.56 Å². The van der Waals surface area contributed by atoms with E-state index in [1.807, 2.05) is 19.9 Å². The van der Waals surface area contributed by atoms with Crippen LogP contribution < -0.4 is 10.6 Å². The summed E-state index contributed by atoms with van der Waals surface area (Å²) in [5.41, 5.74) is 1.80. The van der Waals surface area contributed by atoms with Gasteiger partial charge in [0.05, 0.1) is 11.9 Å². The van der Waals surface area contributed by atoms with Crippen molar-refractivity contribution in [3.63, 3.8) is 0 Å². The highest BCUT2D eigenvalue weighted by Crippen LogP contribution is 2.31. The molecule has 0 atom stereocenters. The topological polar surface area (TPSA) is 117 Å². The third kappa shape index (κ3) is 4.38. The molecule has 31 heavy (non-hydrogen) atoms. The number of nitrogens with one attached hydrogen (secondary N) is 2. The van der Waals surface area contributed by atoms with Gasteiger partial charge in [0.2, 0.25) is 11.6 Å². The van der Waals surface area contributed by atoms with Crippen LogP contribution in [0.3, 0.4) is 0 Å². The summed E-state index contributed by atoms with van der Waals surface area (Å²) >= 11 is 1.37. The molecule has 4 rings (SSSR count). The number of fused-ring (bicyclic) bond motifs is 1. The molecule has 0 aliphatic carbocycles. The molecule has 9 nitrogen and oxygen atoms in total. The zero-order valence-corrected chi connectivity index (χ0v) is 17.9. The highest BCUT2D eigenvalue weighted by atomic mass is 32.2. The molecule has 160 valence electrons. The molecule has 1 aliphatic rings. The fourth-order valence-corrected chi connectivity index (χ4v) is 3.98. The molecule has 0 bridgehead atoms. The number of benzene rings is 1. The zero-order chi connectivity index (χ0) is 22.0. The van der Waals surface area contributed by atoms with Gasteiger partial charge in [0.25, 0.3) is 5.91 Å². The SMILES string of the molecule is Cc1oc2nc(SCCCN3C(=O)CNC3=O)nc(NC(=O)c3ccccc3)c2c1C. The van der Waals surface area contributed by atoms with Crippen LogP contribution in [0.4, 0.5) is 10.6 Å². The Hall–Kier alpha value is -3.40. The number of aromatic nitrogens is 2. The Kier molecular flexibility index (Phi) is 5.90. The van der Waals surface area contributed by atoms with Crippen molar-refractivity contribution in [3.05, 3.63) is 47.2 Å². The third-order valence-corrected chi connectivity index (χ3v) is 5.90. The summed E-state index contributed by atoms with van der Waals surface area (Å²) < 4.78 is 5.76. The molecular weight excluding hydrogens is 418 g/mol. The van der Waals surface area contributed by atoms with E-state index in [4.69, 9.17) is 4.42 Å². The second kappa shape index (κ2) is 8.76. The smallest absolute Gasteiger partial charge is 0.324 e. The van der Waals surface area contributed by atoms with Gasteiger partial charge in [-0.1, -0.05) is 30.0 Å². The van der Waals surface area contributed by atoms with Gasteiger partial charge in [-0.25, -0.2) is 9.78 Å². The summed E-state index contributed by atoms with van der Waals surface area (Å²) in [6.45, 7) is 4.11. The summed E-state index contributed by atoms with van der Waals surface area (Å²) in [4.78, 5) is 46.1. The molecule has 3 heterocycles. The predicted octanol–water partition coefficient (Wildman–Crippen LogP) is 3.13. The average molecular weight is 439 g/mol. The molecule has 4 amide bonds. The van der Waals surface area contributed by atoms with Crippen molar-refractivity contribution < 1.29 is 18.8 Å². The maximum Gasteiger partial charge on any atom is 0.324 e. The van der Waals surface area contributed by atoms with E-state index in [2.05, 4.69) is 20.6 Å². The Morgan fingerprint density at radius 1 is 1.23 bits per heavy atom. The molecule has 1 saturated heterocycles. The molecular formula is C21H21N5O4S. The van der Waals surface area contributed by atoms with Gasteiger partial charge in [0.1, 0.15) is 11.6 Å². The quantitative estimate of drug-likeness (QED) is 0.251. The summed E-state index contributed by atoms with van der Waals surface area (Å²) in [6, 6.07) is 8.53. The van der Waals surface area contributed by atoms with Crippen molar-refractivity contribution in [1.82, 2.24) is 20.2 Å². The lowest BCUT2D eigenvalue weighted by molar-refractivity contribution is -0.124. The minimum absolute atomic E-state index is 0.0490. The lowest BCUT2D eigenvalue weighted by Crippen LogP contribution is -2.32. The standard InChI is InChI=1S/C21H21N5O4S/c1-12-13(2)30-19-16(12)17(23-18(28)14-7-4-3-5-8-14)24-20(25-19)31-10-6-9-26-15(27)11-22-21(26)29/h3-5,7-8H,6,9-11H2,1-2H3,(H,22,29)(H,23,24,25,28). The number of furan rings is 1. The number of anilines is 1. The summed E-state index contributed by atoms with van der Waals surface area (Å²) in [5.74, 6) is 1.20. The molecule has 0 unspecified atom stereocenters. The van der Waals surface area contributed by atoms with Crippen LogP contribution in [-0.4, -0.2) is 51.6 Å². The number of carbonyl (C=O) groups is 3. The van der Waals surface area contributed by atoms with E-state index in [0.29, 0.717) is 52.1 Å². The predicted molar refractivity (Wildman–Crippen MR) is 116 cm³/mol. The first-order valence-electron chi connectivity index (χ1n) is 9.79. The lowest BCUT2D eigenvalue weighted by Gasteiger charge is -2.11. The first-order valence-corrected chi connectivity index (χ1v) is 10.8. The van der Waals surface area contributed by atoms with Gasteiger partial charge in [0.15, 0.2) is 5.16 Å². The second-order valence-corrected chi connectivity index (χ2v) is 8.11. The monoisotopic (exact) mass is 439 g/mol. The first kappa shape index (κ1) is 20.9. The number of urea groups is 1. The minimum Gasteiger partial charge on any atom is -0.443 e. The first-order chi connectivity index (χ1) is 14.9. The van der Waals surface area contributed by atoms with Crippen LogP contribution >= 0.6 is 11.8 Å². The van der Waals surface area contributed by atoms with Crippen molar-refractivity contribution in [3.8, 4) is 0 Å². The van der Waals surface area contributed by atoms with Crippen molar-refractivity contribution >= 4 is 46.5 Å². The fourth-order valence-electron chi connectivity index (χ4n) is 3.22. The highest BCUT2D eigenvalue weighted by Gasteiger charge is 2.27. The van der Waals surface area contributed by atoms with Gasteiger partial charge >= 0.3 is 6.03 Å². The van der Waals surface area contributed by atoms with Crippen molar-refractivity contribution in [2.45, 2.75) is 25.4 Å². The van der Waals surface area contributed by atoms with E-state index in [1.54, 1.807) is 24.3 Å². The molecule has 0 spiro atoms. The molecule has 0 radical (unpaired) electrons. The van der Waals surface area contributed by atoms with Crippen molar-refractivity contribution in [1.29, 1.82) is 0 Å². The number of carbonyl (C=O) groups excluding carboxylic acids is 3. The molecule has 1 aliphatic heterocycles. The van der Waals surface area contributed by atoms with Gasteiger partial charge in [-0.3, -0.25) is 14.5 Å². The average Bonchev–Trinajstić information content (AvgIpc) is 3.23.